The highest BCUT2D eigenvalue weighted by Gasteiger charge is 2.26. The van der Waals surface area contributed by atoms with E-state index in [1.807, 2.05) is 6.07 Å². The van der Waals surface area contributed by atoms with E-state index in [1.165, 1.54) is 12.3 Å². The summed E-state index contributed by atoms with van der Waals surface area (Å²) in [5.41, 5.74) is 1.17. The summed E-state index contributed by atoms with van der Waals surface area (Å²) >= 11 is 6.37. The van der Waals surface area contributed by atoms with Gasteiger partial charge in [-0.25, -0.2) is 9.37 Å². The minimum atomic E-state index is -0.781. The van der Waals surface area contributed by atoms with Gasteiger partial charge >= 0.3 is 0 Å². The molecular formula is C26H23ClFN3O4. The Morgan fingerprint density at radius 1 is 1.23 bits per heavy atom. The number of rotatable bonds is 7. The molecule has 0 amide bonds. The van der Waals surface area contributed by atoms with E-state index in [0.29, 0.717) is 29.1 Å². The monoisotopic (exact) mass is 495 g/mol. The maximum Gasteiger partial charge on any atom is 0.199 e. The second-order valence-corrected chi connectivity index (χ2v) is 8.75. The Morgan fingerprint density at radius 3 is 2.77 bits per heavy atom. The molecule has 180 valence electrons. The molecule has 0 spiro atoms. The smallest absolute Gasteiger partial charge is 0.199 e. The molecule has 3 N–H and O–H groups in total. The van der Waals surface area contributed by atoms with Crippen LogP contribution < -0.4 is 10.1 Å². The van der Waals surface area contributed by atoms with Crippen LogP contribution in [0.5, 0.6) is 11.5 Å². The third-order valence-electron chi connectivity index (χ3n) is 5.97. The number of ketones is 1. The predicted molar refractivity (Wildman–Crippen MR) is 131 cm³/mol. The highest BCUT2D eigenvalue weighted by molar-refractivity contribution is 6.36. The van der Waals surface area contributed by atoms with Crippen LogP contribution in [0.3, 0.4) is 0 Å². The van der Waals surface area contributed by atoms with Gasteiger partial charge in [0.15, 0.2) is 5.78 Å². The Labute approximate surface area is 205 Å². The molecule has 5 rings (SSSR count). The van der Waals surface area contributed by atoms with E-state index < -0.39 is 11.6 Å². The summed E-state index contributed by atoms with van der Waals surface area (Å²) < 4.78 is 26.5. The maximum absolute atomic E-state index is 15.1. The lowest BCUT2D eigenvalue weighted by Crippen LogP contribution is -2.36. The van der Waals surface area contributed by atoms with E-state index in [4.69, 9.17) is 21.1 Å². The summed E-state index contributed by atoms with van der Waals surface area (Å²) in [7, 11) is 0. The molecule has 4 aromatic rings. The number of anilines is 1. The van der Waals surface area contributed by atoms with Crippen molar-refractivity contribution in [2.24, 2.45) is 0 Å². The molecule has 1 saturated heterocycles. The Balaban J connectivity index is 1.44. The largest absolute Gasteiger partial charge is 0.457 e. The molecule has 2 atom stereocenters. The Hall–Kier alpha value is -3.46. The number of aliphatic hydroxyl groups excluding tert-OH is 1. The molecule has 0 unspecified atom stereocenters. The van der Waals surface area contributed by atoms with Crippen molar-refractivity contribution in [3.8, 4) is 11.5 Å². The molecule has 0 bridgehead atoms. The van der Waals surface area contributed by atoms with Crippen LogP contribution in [-0.4, -0.2) is 46.2 Å². The number of carbonyl (C=O) groups is 1. The molecule has 1 aliphatic heterocycles. The number of hydrogen-bond donors (Lipinski definition) is 3. The van der Waals surface area contributed by atoms with Gasteiger partial charge in [0.05, 0.1) is 40.9 Å². The number of pyridine rings is 1. The summed E-state index contributed by atoms with van der Waals surface area (Å²) in [6.45, 7) is 0.413. The minimum absolute atomic E-state index is 0.00371. The van der Waals surface area contributed by atoms with Gasteiger partial charge in [-0.3, -0.25) is 4.79 Å². The first-order valence-electron chi connectivity index (χ1n) is 11.2. The van der Waals surface area contributed by atoms with Crippen molar-refractivity contribution in [1.29, 1.82) is 0 Å². The first kappa shape index (κ1) is 23.3. The normalized spacial score (nSPS) is 17.9. The molecule has 9 heteroatoms. The second-order valence-electron chi connectivity index (χ2n) is 8.35. The highest BCUT2D eigenvalue weighted by atomic mass is 35.5. The SMILES string of the molecule is O=C(c1c(F)cc(Oc2ccccc2)cc1Cl)c1c[nH]c2nccc(N[C@@H]3CC[C@@H](CO)OC3)c12. The van der Waals surface area contributed by atoms with E-state index in [2.05, 4.69) is 15.3 Å². The number of aromatic nitrogens is 2. The number of nitrogens with one attached hydrogen (secondary N) is 2. The standard InChI is InChI=1S/C26H23ClFN3O4/c27-20-10-18(35-16-4-2-1-3-5-16)11-21(28)24(20)25(33)19-12-30-26-23(19)22(8-9-29-26)31-15-6-7-17(13-32)34-14-15/h1-5,8-12,15,17,32H,6-7,13-14H2,(H2,29,30,31)/t15-,17+/m1/s1. The van der Waals surface area contributed by atoms with Crippen LogP contribution in [0, 0.1) is 5.82 Å². The van der Waals surface area contributed by atoms with E-state index in [0.717, 1.165) is 18.9 Å². The van der Waals surface area contributed by atoms with Crippen molar-refractivity contribution in [2.75, 3.05) is 18.5 Å². The Kier molecular flexibility index (Phi) is 6.68. The van der Waals surface area contributed by atoms with Crippen LogP contribution in [0.25, 0.3) is 11.0 Å². The van der Waals surface area contributed by atoms with Gasteiger partial charge in [0.2, 0.25) is 0 Å². The molecule has 0 radical (unpaired) electrons. The van der Waals surface area contributed by atoms with Crippen LogP contribution >= 0.6 is 11.6 Å². The van der Waals surface area contributed by atoms with Crippen LogP contribution in [-0.2, 0) is 4.74 Å². The zero-order valence-corrected chi connectivity index (χ0v) is 19.4. The average molecular weight is 496 g/mol. The zero-order valence-electron chi connectivity index (χ0n) is 18.6. The van der Waals surface area contributed by atoms with Crippen molar-refractivity contribution in [3.05, 3.63) is 82.9 Å². The predicted octanol–water partition coefficient (Wildman–Crippen LogP) is 5.33. The maximum atomic E-state index is 15.1. The average Bonchev–Trinajstić information content (AvgIpc) is 3.30. The van der Waals surface area contributed by atoms with Gasteiger partial charge in [-0.15, -0.1) is 0 Å². The zero-order chi connectivity index (χ0) is 24.4. The van der Waals surface area contributed by atoms with Crippen molar-refractivity contribution in [2.45, 2.75) is 25.0 Å². The fourth-order valence-electron chi connectivity index (χ4n) is 4.22. The first-order chi connectivity index (χ1) is 17.0. The van der Waals surface area contributed by atoms with Crippen LogP contribution in [0.4, 0.5) is 10.1 Å². The number of carbonyl (C=O) groups excluding carboxylic acids is 1. The molecule has 3 heterocycles. The van der Waals surface area contributed by atoms with Gasteiger partial charge in [0, 0.05) is 36.3 Å². The number of hydrogen-bond acceptors (Lipinski definition) is 6. The molecule has 0 aliphatic carbocycles. The van der Waals surface area contributed by atoms with E-state index in [9.17, 15) is 9.90 Å². The molecule has 7 nitrogen and oxygen atoms in total. The van der Waals surface area contributed by atoms with E-state index >= 15 is 4.39 Å². The number of ether oxygens (including phenoxy) is 2. The quantitative estimate of drug-likeness (QED) is 0.300. The van der Waals surface area contributed by atoms with Gasteiger partial charge < -0.3 is 24.9 Å². The summed E-state index contributed by atoms with van der Waals surface area (Å²) in [4.78, 5) is 20.8. The molecule has 1 fully saturated rings. The molecule has 2 aromatic heterocycles. The Morgan fingerprint density at radius 2 is 2.06 bits per heavy atom. The topological polar surface area (TPSA) is 96.5 Å². The van der Waals surface area contributed by atoms with Crippen molar-refractivity contribution in [3.63, 3.8) is 0 Å². The van der Waals surface area contributed by atoms with Crippen molar-refractivity contribution in [1.82, 2.24) is 9.97 Å². The van der Waals surface area contributed by atoms with Crippen LogP contribution in [0.15, 0.2) is 60.9 Å². The summed E-state index contributed by atoms with van der Waals surface area (Å²) in [5, 5.41) is 13.2. The summed E-state index contributed by atoms with van der Waals surface area (Å²) in [6.07, 6.45) is 4.49. The molecule has 2 aromatic carbocycles. The molecule has 1 aliphatic rings. The number of aromatic amines is 1. The molecule has 35 heavy (non-hydrogen) atoms. The van der Waals surface area contributed by atoms with Crippen molar-refractivity contribution >= 4 is 34.1 Å². The van der Waals surface area contributed by atoms with E-state index in [1.54, 1.807) is 36.5 Å². The lowest BCUT2D eigenvalue weighted by Gasteiger charge is -2.29. The fraction of sp³-hybridized carbons (Fsp3) is 0.231. The van der Waals surface area contributed by atoms with Gasteiger partial charge in [0.25, 0.3) is 0 Å². The second kappa shape index (κ2) is 10.0. The third kappa shape index (κ3) is 4.86. The molecular weight excluding hydrogens is 473 g/mol. The molecule has 0 saturated carbocycles. The number of H-pyrrole nitrogens is 1. The fourth-order valence-corrected chi connectivity index (χ4v) is 4.51. The number of para-hydroxylation sites is 1. The lowest BCUT2D eigenvalue weighted by atomic mass is 10.0. The van der Waals surface area contributed by atoms with Crippen molar-refractivity contribution < 1.29 is 23.8 Å². The summed E-state index contributed by atoms with van der Waals surface area (Å²) in [5.74, 6) is -0.632. The number of aliphatic hydroxyl groups is 1. The number of nitrogens with zero attached hydrogens (tertiary/aromatic N) is 1. The lowest BCUT2D eigenvalue weighted by molar-refractivity contribution is -0.0223. The highest BCUT2D eigenvalue weighted by Crippen LogP contribution is 2.34. The van der Waals surface area contributed by atoms with Gasteiger partial charge in [0.1, 0.15) is 23.0 Å². The number of fused-ring (bicyclic) bond motifs is 1. The number of halogens is 2. The van der Waals surface area contributed by atoms with Gasteiger partial charge in [-0.1, -0.05) is 29.8 Å². The van der Waals surface area contributed by atoms with Crippen LogP contribution in [0.2, 0.25) is 5.02 Å². The third-order valence-corrected chi connectivity index (χ3v) is 6.27. The minimum Gasteiger partial charge on any atom is -0.457 e. The summed E-state index contributed by atoms with van der Waals surface area (Å²) in [6, 6.07) is 13.2. The number of benzene rings is 2. The van der Waals surface area contributed by atoms with Gasteiger partial charge in [-0.05, 0) is 31.0 Å². The Bertz CT molecular complexity index is 1330. The first-order valence-corrected chi connectivity index (χ1v) is 11.6. The van der Waals surface area contributed by atoms with Crippen LogP contribution in [0.1, 0.15) is 28.8 Å². The van der Waals surface area contributed by atoms with E-state index in [-0.39, 0.29) is 40.7 Å². The van der Waals surface area contributed by atoms with Gasteiger partial charge in [-0.2, -0.15) is 0 Å².